The monoisotopic (exact) mass is 425 g/mol. The van der Waals surface area contributed by atoms with Crippen LogP contribution >= 0.6 is 15.9 Å². The quantitative estimate of drug-likeness (QED) is 0.805. The predicted molar refractivity (Wildman–Crippen MR) is 101 cm³/mol. The maximum absolute atomic E-state index is 12.5. The van der Waals surface area contributed by atoms with Crippen molar-refractivity contribution in [3.63, 3.8) is 0 Å². The van der Waals surface area contributed by atoms with Gasteiger partial charge in [0.2, 0.25) is 5.91 Å². The first-order valence-electron chi connectivity index (χ1n) is 8.45. The number of carbonyl (C=O) groups is 3. The van der Waals surface area contributed by atoms with Crippen LogP contribution in [0.25, 0.3) is 0 Å². The van der Waals surface area contributed by atoms with Gasteiger partial charge < -0.3 is 19.9 Å². The molecule has 3 amide bonds. The number of carbonyl (C=O) groups excluding carboxylic acids is 3. The third kappa shape index (κ3) is 6.01. The molecule has 0 radical (unpaired) electrons. The number of halogens is 1. The lowest BCUT2D eigenvalue weighted by Crippen LogP contribution is -2.52. The van der Waals surface area contributed by atoms with Crippen molar-refractivity contribution >= 4 is 33.8 Å². The van der Waals surface area contributed by atoms with Gasteiger partial charge in [-0.3, -0.25) is 9.59 Å². The summed E-state index contributed by atoms with van der Waals surface area (Å²) in [6.45, 7) is 6.96. The van der Waals surface area contributed by atoms with Crippen LogP contribution in [0.5, 0.6) is 0 Å². The smallest absolute Gasteiger partial charge is 0.408 e. The molecule has 1 N–H and O–H groups in total. The summed E-state index contributed by atoms with van der Waals surface area (Å²) in [5.74, 6) is -0.240. The van der Waals surface area contributed by atoms with Gasteiger partial charge in [0.25, 0.3) is 5.91 Å². The number of amides is 3. The highest BCUT2D eigenvalue weighted by atomic mass is 79.9. The van der Waals surface area contributed by atoms with E-state index in [0.717, 1.165) is 4.47 Å². The van der Waals surface area contributed by atoms with Gasteiger partial charge in [-0.25, -0.2) is 4.79 Å². The van der Waals surface area contributed by atoms with Gasteiger partial charge >= 0.3 is 6.09 Å². The highest BCUT2D eigenvalue weighted by Gasteiger charge is 2.25. The lowest BCUT2D eigenvalue weighted by atomic mass is 10.2. The van der Waals surface area contributed by atoms with Gasteiger partial charge in [0, 0.05) is 36.2 Å². The second-order valence-electron chi connectivity index (χ2n) is 7.04. The first-order valence-corrected chi connectivity index (χ1v) is 9.24. The molecule has 8 heteroatoms. The van der Waals surface area contributed by atoms with Gasteiger partial charge in [0.15, 0.2) is 0 Å². The Labute approximate surface area is 161 Å². The minimum absolute atomic E-state index is 0.0507. The van der Waals surface area contributed by atoms with Crippen LogP contribution in [-0.4, -0.2) is 66.0 Å². The second kappa shape index (κ2) is 8.53. The Kier molecular flexibility index (Phi) is 6.63. The molecule has 0 bridgehead atoms. The normalized spacial score (nSPS) is 14.8. The van der Waals surface area contributed by atoms with Crippen LogP contribution in [-0.2, 0) is 9.53 Å². The molecule has 142 valence electrons. The number of alkyl carbamates (subject to hydrolysis) is 1. The first-order chi connectivity index (χ1) is 12.2. The molecule has 0 aliphatic carbocycles. The Balaban J connectivity index is 1.79. The van der Waals surface area contributed by atoms with Gasteiger partial charge in [0.05, 0.1) is 0 Å². The predicted octanol–water partition coefficient (Wildman–Crippen LogP) is 2.26. The van der Waals surface area contributed by atoms with Gasteiger partial charge in [-0.15, -0.1) is 0 Å². The number of nitrogens with zero attached hydrogens (tertiary/aromatic N) is 2. The minimum Gasteiger partial charge on any atom is -0.444 e. The van der Waals surface area contributed by atoms with E-state index in [-0.39, 0.29) is 18.4 Å². The lowest BCUT2D eigenvalue weighted by Gasteiger charge is -2.35. The average Bonchev–Trinajstić information content (AvgIpc) is 2.57. The Morgan fingerprint density at radius 1 is 1.12 bits per heavy atom. The Bertz CT molecular complexity index is 679. The SMILES string of the molecule is CC(C)(C)OC(=O)NCC(=O)N1CCN(C(=O)c2cccc(Br)c2)CC1. The van der Waals surface area contributed by atoms with Gasteiger partial charge in [0.1, 0.15) is 12.1 Å². The van der Waals surface area contributed by atoms with E-state index in [1.807, 2.05) is 12.1 Å². The summed E-state index contributed by atoms with van der Waals surface area (Å²) in [4.78, 5) is 39.7. The molecule has 1 aromatic rings. The number of hydrogen-bond acceptors (Lipinski definition) is 4. The minimum atomic E-state index is -0.616. The Morgan fingerprint density at radius 3 is 2.31 bits per heavy atom. The standard InChI is InChI=1S/C18H24BrN3O4/c1-18(2,3)26-17(25)20-12-15(23)21-7-9-22(10-8-21)16(24)13-5-4-6-14(19)11-13/h4-6,11H,7-10,12H2,1-3H3,(H,20,25). The van der Waals surface area contributed by atoms with Crippen LogP contribution in [0.4, 0.5) is 4.79 Å². The maximum Gasteiger partial charge on any atom is 0.408 e. The molecular formula is C18H24BrN3O4. The number of rotatable bonds is 3. The topological polar surface area (TPSA) is 79.0 Å². The average molecular weight is 426 g/mol. The van der Waals surface area contributed by atoms with Crippen LogP contribution in [0.2, 0.25) is 0 Å². The summed E-state index contributed by atoms with van der Waals surface area (Å²) in [5.41, 5.74) is 0.0108. The molecule has 2 rings (SSSR count). The Morgan fingerprint density at radius 2 is 1.73 bits per heavy atom. The van der Waals surface area contributed by atoms with Crippen molar-refractivity contribution in [2.24, 2.45) is 0 Å². The molecule has 26 heavy (non-hydrogen) atoms. The van der Waals surface area contributed by atoms with E-state index in [9.17, 15) is 14.4 Å². The molecule has 1 aliphatic heterocycles. The molecule has 1 saturated heterocycles. The maximum atomic E-state index is 12.5. The summed E-state index contributed by atoms with van der Waals surface area (Å²) in [7, 11) is 0. The zero-order valence-corrected chi connectivity index (χ0v) is 16.8. The van der Waals surface area contributed by atoms with E-state index in [1.54, 1.807) is 42.7 Å². The van der Waals surface area contributed by atoms with Crippen LogP contribution in [0.15, 0.2) is 28.7 Å². The van der Waals surface area contributed by atoms with Crippen molar-refractivity contribution in [2.45, 2.75) is 26.4 Å². The summed E-state index contributed by atoms with van der Waals surface area (Å²) in [5, 5.41) is 2.46. The van der Waals surface area contributed by atoms with E-state index in [0.29, 0.717) is 31.7 Å². The molecule has 0 atom stereocenters. The van der Waals surface area contributed by atoms with Crippen molar-refractivity contribution in [1.29, 1.82) is 0 Å². The third-order valence-corrected chi connectivity index (χ3v) is 4.27. The molecule has 1 aromatic carbocycles. The van der Waals surface area contributed by atoms with E-state index in [4.69, 9.17) is 4.74 Å². The highest BCUT2D eigenvalue weighted by Crippen LogP contribution is 2.15. The summed E-state index contributed by atoms with van der Waals surface area (Å²) in [6.07, 6.45) is -0.616. The summed E-state index contributed by atoms with van der Waals surface area (Å²) >= 11 is 3.36. The van der Waals surface area contributed by atoms with Crippen molar-refractivity contribution in [1.82, 2.24) is 15.1 Å². The second-order valence-corrected chi connectivity index (χ2v) is 7.95. The van der Waals surface area contributed by atoms with Crippen molar-refractivity contribution < 1.29 is 19.1 Å². The molecule has 0 aromatic heterocycles. The van der Waals surface area contributed by atoms with E-state index in [2.05, 4.69) is 21.2 Å². The highest BCUT2D eigenvalue weighted by molar-refractivity contribution is 9.10. The van der Waals surface area contributed by atoms with Gasteiger partial charge in [-0.05, 0) is 39.0 Å². The van der Waals surface area contributed by atoms with Crippen molar-refractivity contribution in [3.05, 3.63) is 34.3 Å². The molecule has 7 nitrogen and oxygen atoms in total. The van der Waals surface area contributed by atoms with E-state index in [1.165, 1.54) is 0 Å². The largest absolute Gasteiger partial charge is 0.444 e. The number of piperazine rings is 1. The molecular weight excluding hydrogens is 402 g/mol. The van der Waals surface area contributed by atoms with Crippen molar-refractivity contribution in [2.75, 3.05) is 32.7 Å². The van der Waals surface area contributed by atoms with Crippen LogP contribution < -0.4 is 5.32 Å². The number of nitrogens with one attached hydrogen (secondary N) is 1. The van der Waals surface area contributed by atoms with Crippen LogP contribution in [0.1, 0.15) is 31.1 Å². The molecule has 1 heterocycles. The first kappa shape index (κ1) is 20.2. The zero-order valence-electron chi connectivity index (χ0n) is 15.3. The fraction of sp³-hybridized carbons (Fsp3) is 0.500. The van der Waals surface area contributed by atoms with Crippen LogP contribution in [0, 0.1) is 0 Å². The van der Waals surface area contributed by atoms with E-state index < -0.39 is 11.7 Å². The van der Waals surface area contributed by atoms with Crippen molar-refractivity contribution in [3.8, 4) is 0 Å². The van der Waals surface area contributed by atoms with Gasteiger partial charge in [-0.1, -0.05) is 22.0 Å². The third-order valence-electron chi connectivity index (χ3n) is 3.77. The number of benzene rings is 1. The molecule has 1 aliphatic rings. The molecule has 0 saturated carbocycles. The molecule has 1 fully saturated rings. The Hall–Kier alpha value is -2.09. The fourth-order valence-corrected chi connectivity index (χ4v) is 2.94. The van der Waals surface area contributed by atoms with E-state index >= 15 is 0 Å². The lowest BCUT2D eigenvalue weighted by molar-refractivity contribution is -0.131. The van der Waals surface area contributed by atoms with Gasteiger partial charge in [-0.2, -0.15) is 0 Å². The fourth-order valence-electron chi connectivity index (χ4n) is 2.54. The van der Waals surface area contributed by atoms with Crippen LogP contribution in [0.3, 0.4) is 0 Å². The number of ether oxygens (including phenoxy) is 1. The summed E-state index contributed by atoms with van der Waals surface area (Å²) < 4.78 is 5.96. The molecule has 0 spiro atoms. The summed E-state index contributed by atoms with van der Waals surface area (Å²) in [6, 6.07) is 7.24. The number of hydrogen-bond donors (Lipinski definition) is 1. The zero-order chi connectivity index (χ0) is 19.3. The molecule has 0 unspecified atom stereocenters.